The average molecular weight is 275 g/mol. The lowest BCUT2D eigenvalue weighted by Crippen LogP contribution is -2.04. The van der Waals surface area contributed by atoms with Crippen LogP contribution < -0.4 is 10.5 Å². The molecule has 20 heavy (non-hydrogen) atoms. The number of halogens is 1. The summed E-state index contributed by atoms with van der Waals surface area (Å²) >= 11 is 0. The van der Waals surface area contributed by atoms with Crippen molar-refractivity contribution in [2.45, 2.75) is 19.8 Å². The summed E-state index contributed by atoms with van der Waals surface area (Å²) in [4.78, 5) is 0. The van der Waals surface area contributed by atoms with Crippen molar-refractivity contribution >= 4 is 0 Å². The summed E-state index contributed by atoms with van der Waals surface area (Å²) in [7, 11) is 1.62. The number of hydrogen-bond donors (Lipinski definition) is 1. The summed E-state index contributed by atoms with van der Waals surface area (Å²) in [6, 6.07) is 12.8. The van der Waals surface area contributed by atoms with Crippen LogP contribution in [-0.2, 0) is 24.5 Å². The van der Waals surface area contributed by atoms with Gasteiger partial charge in [0.05, 0.1) is 20.3 Å². The average Bonchev–Trinajstić information content (AvgIpc) is 2.49. The molecule has 2 aromatic rings. The maximum absolute atomic E-state index is 13.9. The lowest BCUT2D eigenvalue weighted by Gasteiger charge is -2.08. The van der Waals surface area contributed by atoms with E-state index >= 15 is 0 Å². The molecule has 2 N–H and O–H groups in total. The Balaban J connectivity index is 1.92. The minimum Gasteiger partial charge on any atom is -0.497 e. The van der Waals surface area contributed by atoms with E-state index in [1.807, 2.05) is 24.3 Å². The van der Waals surface area contributed by atoms with Gasteiger partial charge in [0.15, 0.2) is 0 Å². The topological polar surface area (TPSA) is 44.5 Å². The third kappa shape index (κ3) is 3.56. The molecule has 4 heteroatoms. The third-order valence-electron chi connectivity index (χ3n) is 3.06. The van der Waals surface area contributed by atoms with Gasteiger partial charge in [-0.3, -0.25) is 0 Å². The van der Waals surface area contributed by atoms with Crippen molar-refractivity contribution < 1.29 is 13.9 Å². The Kier molecular flexibility index (Phi) is 5.09. The molecule has 3 nitrogen and oxygen atoms in total. The minimum atomic E-state index is -0.273. The van der Waals surface area contributed by atoms with Gasteiger partial charge in [0, 0.05) is 17.7 Å². The van der Waals surface area contributed by atoms with E-state index in [1.54, 1.807) is 25.3 Å². The molecule has 0 amide bonds. The maximum atomic E-state index is 13.9. The molecule has 0 radical (unpaired) electrons. The summed E-state index contributed by atoms with van der Waals surface area (Å²) < 4.78 is 24.5. The van der Waals surface area contributed by atoms with E-state index in [1.165, 1.54) is 0 Å². The Morgan fingerprint density at radius 2 is 1.70 bits per heavy atom. The van der Waals surface area contributed by atoms with E-state index in [9.17, 15) is 4.39 Å². The molecule has 0 aromatic heterocycles. The fourth-order valence-corrected chi connectivity index (χ4v) is 1.90. The van der Waals surface area contributed by atoms with Crippen LogP contribution in [0.3, 0.4) is 0 Å². The van der Waals surface area contributed by atoms with E-state index in [4.69, 9.17) is 15.2 Å². The molecule has 0 bridgehead atoms. The Labute approximate surface area is 118 Å². The van der Waals surface area contributed by atoms with Crippen molar-refractivity contribution in [3.63, 3.8) is 0 Å². The van der Waals surface area contributed by atoms with Gasteiger partial charge in [-0.05, 0) is 17.7 Å². The molecule has 0 aliphatic rings. The van der Waals surface area contributed by atoms with E-state index in [0.29, 0.717) is 17.7 Å². The van der Waals surface area contributed by atoms with Crippen molar-refractivity contribution in [1.82, 2.24) is 0 Å². The van der Waals surface area contributed by atoms with Gasteiger partial charge in [0.25, 0.3) is 0 Å². The molecule has 0 aliphatic carbocycles. The molecule has 0 fully saturated rings. The highest BCUT2D eigenvalue weighted by Crippen LogP contribution is 2.15. The molecule has 2 aromatic carbocycles. The van der Waals surface area contributed by atoms with Gasteiger partial charge in [-0.2, -0.15) is 0 Å². The van der Waals surface area contributed by atoms with Gasteiger partial charge in [0.2, 0.25) is 0 Å². The van der Waals surface area contributed by atoms with Crippen LogP contribution in [0.25, 0.3) is 0 Å². The molecule has 106 valence electrons. The molecule has 0 unspecified atom stereocenters. The highest BCUT2D eigenvalue weighted by atomic mass is 19.1. The first-order chi connectivity index (χ1) is 9.74. The van der Waals surface area contributed by atoms with Crippen LogP contribution in [0.2, 0.25) is 0 Å². The normalized spacial score (nSPS) is 10.6. The van der Waals surface area contributed by atoms with Crippen molar-refractivity contribution in [3.8, 4) is 5.75 Å². The summed E-state index contributed by atoms with van der Waals surface area (Å²) in [5, 5.41) is 0. The number of methoxy groups -OCH3 is 1. The molecule has 0 saturated carbocycles. The van der Waals surface area contributed by atoms with Gasteiger partial charge in [-0.25, -0.2) is 4.39 Å². The number of rotatable bonds is 6. The van der Waals surface area contributed by atoms with Gasteiger partial charge in [0.1, 0.15) is 11.6 Å². The number of hydrogen-bond acceptors (Lipinski definition) is 3. The van der Waals surface area contributed by atoms with Gasteiger partial charge in [-0.15, -0.1) is 0 Å². The van der Waals surface area contributed by atoms with Crippen LogP contribution >= 0.6 is 0 Å². The molecular formula is C16H18FNO2. The number of ether oxygens (including phenoxy) is 2. The second-order valence-corrected chi connectivity index (χ2v) is 4.44. The third-order valence-corrected chi connectivity index (χ3v) is 3.06. The largest absolute Gasteiger partial charge is 0.497 e. The predicted octanol–water partition coefficient (Wildman–Crippen LogP) is 3.01. The second kappa shape index (κ2) is 7.03. The summed E-state index contributed by atoms with van der Waals surface area (Å²) in [6.45, 7) is 0.847. The number of nitrogens with two attached hydrogens (primary N) is 1. The summed E-state index contributed by atoms with van der Waals surface area (Å²) in [5.41, 5.74) is 7.53. The van der Waals surface area contributed by atoms with Gasteiger partial charge in [-0.1, -0.05) is 30.3 Å². The first kappa shape index (κ1) is 14.5. The quantitative estimate of drug-likeness (QED) is 0.881. The fourth-order valence-electron chi connectivity index (χ4n) is 1.90. The van der Waals surface area contributed by atoms with Crippen molar-refractivity contribution in [3.05, 3.63) is 65.0 Å². The second-order valence-electron chi connectivity index (χ2n) is 4.44. The fraction of sp³-hybridized carbons (Fsp3) is 0.250. The van der Waals surface area contributed by atoms with Crippen LogP contribution in [-0.4, -0.2) is 7.11 Å². The lowest BCUT2D eigenvalue weighted by molar-refractivity contribution is 0.104. The molecule has 0 aliphatic heterocycles. The standard InChI is InChI=1S/C16H18FNO2/c1-19-15-7-5-12(6-8-15)10-20-11-14-4-2-3-13(9-18)16(14)17/h2-8H,9-11,18H2,1H3. The molecule has 0 atom stereocenters. The first-order valence-electron chi connectivity index (χ1n) is 6.41. The Bertz CT molecular complexity index is 555. The minimum absolute atomic E-state index is 0.193. The molecule has 2 rings (SSSR count). The van der Waals surface area contributed by atoms with Crippen LogP contribution in [0.15, 0.2) is 42.5 Å². The SMILES string of the molecule is COc1ccc(COCc2cccc(CN)c2F)cc1. The lowest BCUT2D eigenvalue weighted by atomic mass is 10.1. The van der Waals surface area contributed by atoms with E-state index in [0.717, 1.165) is 11.3 Å². The Hall–Kier alpha value is -1.91. The first-order valence-corrected chi connectivity index (χ1v) is 6.41. The van der Waals surface area contributed by atoms with Crippen LogP contribution in [0.1, 0.15) is 16.7 Å². The van der Waals surface area contributed by atoms with Crippen molar-refractivity contribution in [2.75, 3.05) is 7.11 Å². The smallest absolute Gasteiger partial charge is 0.133 e. The highest BCUT2D eigenvalue weighted by Gasteiger charge is 2.06. The van der Waals surface area contributed by atoms with E-state index in [2.05, 4.69) is 0 Å². The maximum Gasteiger partial charge on any atom is 0.133 e. The van der Waals surface area contributed by atoms with E-state index in [-0.39, 0.29) is 19.0 Å². The van der Waals surface area contributed by atoms with Gasteiger partial charge >= 0.3 is 0 Å². The zero-order valence-electron chi connectivity index (χ0n) is 11.4. The number of benzene rings is 2. The molecule has 0 spiro atoms. The molecule has 0 saturated heterocycles. The highest BCUT2D eigenvalue weighted by molar-refractivity contribution is 5.27. The molecular weight excluding hydrogens is 257 g/mol. The predicted molar refractivity (Wildman–Crippen MR) is 75.8 cm³/mol. The van der Waals surface area contributed by atoms with Gasteiger partial charge < -0.3 is 15.2 Å². The Morgan fingerprint density at radius 3 is 2.35 bits per heavy atom. The van der Waals surface area contributed by atoms with Crippen LogP contribution in [0.5, 0.6) is 5.75 Å². The summed E-state index contributed by atoms with van der Waals surface area (Å²) in [5.74, 6) is 0.528. The summed E-state index contributed by atoms with van der Waals surface area (Å²) in [6.07, 6.45) is 0. The van der Waals surface area contributed by atoms with Crippen molar-refractivity contribution in [1.29, 1.82) is 0 Å². The van der Waals surface area contributed by atoms with E-state index < -0.39 is 0 Å². The Morgan fingerprint density at radius 1 is 1.00 bits per heavy atom. The zero-order chi connectivity index (χ0) is 14.4. The zero-order valence-corrected chi connectivity index (χ0v) is 11.4. The molecule has 0 heterocycles. The van der Waals surface area contributed by atoms with Crippen LogP contribution in [0.4, 0.5) is 4.39 Å². The monoisotopic (exact) mass is 275 g/mol. The van der Waals surface area contributed by atoms with Crippen LogP contribution in [0, 0.1) is 5.82 Å². The van der Waals surface area contributed by atoms with Crippen molar-refractivity contribution in [2.24, 2.45) is 5.73 Å².